The van der Waals surface area contributed by atoms with E-state index in [1.165, 1.54) is 11.8 Å². The van der Waals surface area contributed by atoms with Gasteiger partial charge in [0.2, 0.25) is 0 Å². The first-order valence-electron chi connectivity index (χ1n) is 8.43. The fourth-order valence-corrected chi connectivity index (χ4v) is 3.82. The number of benzene rings is 1. The number of aromatic nitrogens is 3. The van der Waals surface area contributed by atoms with Crippen molar-refractivity contribution in [1.29, 1.82) is 0 Å². The largest absolute Gasteiger partial charge is 0.465 e. The van der Waals surface area contributed by atoms with Crippen molar-refractivity contribution < 1.29 is 9.53 Å². The standard InChI is InChI=1S/C19H19Cl2N3O2S/c1-4-26-17(25)19(2,3)27-18-23-16-14(9-10-15(21)22-16)24(18)11-12-5-7-13(20)8-6-12/h5-10H,4,11H2,1-3H3. The molecule has 0 aliphatic carbocycles. The van der Waals surface area contributed by atoms with Gasteiger partial charge in [0.05, 0.1) is 18.7 Å². The van der Waals surface area contributed by atoms with Gasteiger partial charge in [0, 0.05) is 5.02 Å². The molecular formula is C19H19Cl2N3O2S. The Morgan fingerprint density at radius 2 is 1.85 bits per heavy atom. The van der Waals surface area contributed by atoms with Crippen LogP contribution in [0.15, 0.2) is 41.6 Å². The lowest BCUT2D eigenvalue weighted by Gasteiger charge is -2.21. The molecule has 0 aliphatic rings. The predicted molar refractivity (Wildman–Crippen MR) is 110 cm³/mol. The van der Waals surface area contributed by atoms with Crippen LogP contribution in [0.1, 0.15) is 26.3 Å². The number of rotatable bonds is 6. The van der Waals surface area contributed by atoms with E-state index in [9.17, 15) is 4.79 Å². The van der Waals surface area contributed by atoms with Crippen LogP contribution in [0.4, 0.5) is 0 Å². The summed E-state index contributed by atoms with van der Waals surface area (Å²) in [6, 6.07) is 11.2. The Kier molecular flexibility index (Phi) is 5.99. The molecule has 0 radical (unpaired) electrons. The van der Waals surface area contributed by atoms with Crippen LogP contribution in [0.2, 0.25) is 10.2 Å². The van der Waals surface area contributed by atoms with E-state index in [-0.39, 0.29) is 5.97 Å². The van der Waals surface area contributed by atoms with Crippen LogP contribution in [0, 0.1) is 0 Å². The minimum Gasteiger partial charge on any atom is -0.465 e. The van der Waals surface area contributed by atoms with Gasteiger partial charge >= 0.3 is 5.97 Å². The number of hydrogen-bond acceptors (Lipinski definition) is 5. The van der Waals surface area contributed by atoms with Crippen molar-refractivity contribution in [2.24, 2.45) is 0 Å². The molecule has 0 saturated carbocycles. The average molecular weight is 424 g/mol. The summed E-state index contributed by atoms with van der Waals surface area (Å²) in [6.07, 6.45) is 0. The molecule has 0 bridgehead atoms. The minimum atomic E-state index is -0.793. The lowest BCUT2D eigenvalue weighted by atomic mass is 10.2. The number of nitrogens with zero attached hydrogens (tertiary/aromatic N) is 3. The second-order valence-electron chi connectivity index (χ2n) is 6.42. The van der Waals surface area contributed by atoms with Crippen molar-refractivity contribution in [3.8, 4) is 0 Å². The van der Waals surface area contributed by atoms with Crippen LogP contribution < -0.4 is 0 Å². The van der Waals surface area contributed by atoms with Gasteiger partial charge in [-0.3, -0.25) is 4.79 Å². The minimum absolute atomic E-state index is 0.286. The Morgan fingerprint density at radius 1 is 1.15 bits per heavy atom. The highest BCUT2D eigenvalue weighted by Crippen LogP contribution is 2.35. The molecule has 0 fully saturated rings. The SMILES string of the molecule is CCOC(=O)C(C)(C)Sc1nc2nc(Cl)ccc2n1Cc1ccc(Cl)cc1. The van der Waals surface area contributed by atoms with E-state index in [0.717, 1.165) is 11.1 Å². The summed E-state index contributed by atoms with van der Waals surface area (Å²) in [6.45, 7) is 6.34. The van der Waals surface area contributed by atoms with Gasteiger partial charge in [0.1, 0.15) is 9.90 Å². The molecule has 142 valence electrons. The summed E-state index contributed by atoms with van der Waals surface area (Å²) < 4.78 is 6.42. The molecule has 2 heterocycles. The molecule has 3 rings (SSSR count). The second-order valence-corrected chi connectivity index (χ2v) is 8.83. The summed E-state index contributed by atoms with van der Waals surface area (Å²) in [5, 5.41) is 1.73. The fourth-order valence-electron chi connectivity index (χ4n) is 2.54. The topological polar surface area (TPSA) is 57.0 Å². The van der Waals surface area contributed by atoms with E-state index < -0.39 is 4.75 Å². The number of halogens is 2. The van der Waals surface area contributed by atoms with Crippen LogP contribution in [-0.4, -0.2) is 31.9 Å². The van der Waals surface area contributed by atoms with Crippen molar-refractivity contribution >= 4 is 52.1 Å². The van der Waals surface area contributed by atoms with Gasteiger partial charge in [-0.25, -0.2) is 9.97 Å². The predicted octanol–water partition coefficient (Wildman–Crippen LogP) is 5.22. The normalized spacial score (nSPS) is 11.7. The molecule has 0 saturated heterocycles. The molecule has 0 spiro atoms. The zero-order chi connectivity index (χ0) is 19.6. The van der Waals surface area contributed by atoms with E-state index >= 15 is 0 Å². The van der Waals surface area contributed by atoms with E-state index in [1.54, 1.807) is 13.0 Å². The highest BCUT2D eigenvalue weighted by molar-refractivity contribution is 8.01. The molecule has 3 aromatic rings. The summed E-state index contributed by atoms with van der Waals surface area (Å²) in [7, 11) is 0. The van der Waals surface area contributed by atoms with Crippen molar-refractivity contribution in [2.75, 3.05) is 6.61 Å². The molecule has 0 N–H and O–H groups in total. The first kappa shape index (κ1) is 20.0. The van der Waals surface area contributed by atoms with Gasteiger partial charge in [-0.2, -0.15) is 0 Å². The number of carbonyl (C=O) groups excluding carboxylic acids is 1. The number of thioether (sulfide) groups is 1. The third-order valence-electron chi connectivity index (χ3n) is 3.91. The molecule has 0 atom stereocenters. The maximum Gasteiger partial charge on any atom is 0.322 e. The quantitative estimate of drug-likeness (QED) is 0.309. The molecule has 0 amide bonds. The van der Waals surface area contributed by atoms with Crippen molar-refractivity contribution in [3.05, 3.63) is 52.1 Å². The van der Waals surface area contributed by atoms with Crippen LogP contribution in [0.5, 0.6) is 0 Å². The Balaban J connectivity index is 2.02. The molecule has 2 aromatic heterocycles. The lowest BCUT2D eigenvalue weighted by Crippen LogP contribution is -2.30. The van der Waals surface area contributed by atoms with E-state index in [1.807, 2.05) is 48.7 Å². The number of imidazole rings is 1. The zero-order valence-electron chi connectivity index (χ0n) is 15.2. The molecule has 27 heavy (non-hydrogen) atoms. The Morgan fingerprint density at radius 3 is 2.52 bits per heavy atom. The zero-order valence-corrected chi connectivity index (χ0v) is 17.5. The van der Waals surface area contributed by atoms with Crippen LogP contribution in [0.25, 0.3) is 11.2 Å². The van der Waals surface area contributed by atoms with E-state index in [4.69, 9.17) is 27.9 Å². The number of esters is 1. The van der Waals surface area contributed by atoms with E-state index in [2.05, 4.69) is 9.97 Å². The van der Waals surface area contributed by atoms with Crippen molar-refractivity contribution in [3.63, 3.8) is 0 Å². The number of carbonyl (C=O) groups is 1. The molecule has 1 aromatic carbocycles. The third-order valence-corrected chi connectivity index (χ3v) is 5.54. The summed E-state index contributed by atoms with van der Waals surface area (Å²) in [5.41, 5.74) is 2.44. The van der Waals surface area contributed by atoms with Crippen molar-refractivity contribution in [1.82, 2.24) is 14.5 Å². The first-order chi connectivity index (χ1) is 12.8. The maximum absolute atomic E-state index is 12.3. The number of fused-ring (bicyclic) bond motifs is 1. The molecule has 0 aliphatic heterocycles. The molecule has 0 unspecified atom stereocenters. The van der Waals surface area contributed by atoms with Gasteiger partial charge in [0.15, 0.2) is 10.8 Å². The van der Waals surface area contributed by atoms with Gasteiger partial charge in [-0.1, -0.05) is 47.1 Å². The van der Waals surface area contributed by atoms with Crippen LogP contribution >= 0.6 is 35.0 Å². The average Bonchev–Trinajstić information content (AvgIpc) is 2.92. The molecular weight excluding hydrogens is 405 g/mol. The highest BCUT2D eigenvalue weighted by atomic mass is 35.5. The first-order valence-corrected chi connectivity index (χ1v) is 10.0. The number of pyridine rings is 1. The molecule has 8 heteroatoms. The Labute approximate surface area is 172 Å². The van der Waals surface area contributed by atoms with Gasteiger partial charge in [0.25, 0.3) is 0 Å². The highest BCUT2D eigenvalue weighted by Gasteiger charge is 2.33. The van der Waals surface area contributed by atoms with E-state index in [0.29, 0.717) is 34.1 Å². The Bertz CT molecular complexity index is 971. The van der Waals surface area contributed by atoms with Gasteiger partial charge < -0.3 is 9.30 Å². The Hall–Kier alpha value is -1.76. The molecule has 5 nitrogen and oxygen atoms in total. The monoisotopic (exact) mass is 423 g/mol. The van der Waals surface area contributed by atoms with Crippen molar-refractivity contribution in [2.45, 2.75) is 37.2 Å². The van der Waals surface area contributed by atoms with Gasteiger partial charge in [-0.15, -0.1) is 0 Å². The smallest absolute Gasteiger partial charge is 0.322 e. The van der Waals surface area contributed by atoms with Crippen LogP contribution in [-0.2, 0) is 16.1 Å². The summed E-state index contributed by atoms with van der Waals surface area (Å²) >= 11 is 13.4. The summed E-state index contributed by atoms with van der Waals surface area (Å²) in [4.78, 5) is 21.2. The van der Waals surface area contributed by atoms with Crippen LogP contribution in [0.3, 0.4) is 0 Å². The lowest BCUT2D eigenvalue weighted by molar-refractivity contribution is -0.145. The van der Waals surface area contributed by atoms with Gasteiger partial charge in [-0.05, 0) is 50.6 Å². The fraction of sp³-hybridized carbons (Fsp3) is 0.316. The summed E-state index contributed by atoms with van der Waals surface area (Å²) in [5.74, 6) is -0.286. The third kappa shape index (κ3) is 4.57. The maximum atomic E-state index is 12.3. The number of ether oxygens (including phenoxy) is 1. The number of hydrogen-bond donors (Lipinski definition) is 0. The second kappa shape index (κ2) is 8.09.